The molecule has 1 heterocycles. The van der Waals surface area contributed by atoms with Gasteiger partial charge < -0.3 is 10.4 Å². The zero-order valence-electron chi connectivity index (χ0n) is 12.7. The molecule has 112 valence electrons. The molecule has 3 nitrogen and oxygen atoms in total. The molecule has 0 aliphatic carbocycles. The Morgan fingerprint density at radius 3 is 2.86 bits per heavy atom. The van der Waals surface area contributed by atoms with Gasteiger partial charge in [0.1, 0.15) is 5.75 Å². The monoisotopic (exact) mass is 284 g/mol. The second-order valence-electron chi connectivity index (χ2n) is 5.90. The van der Waals surface area contributed by atoms with E-state index in [1.165, 1.54) is 17.2 Å². The number of phenols is 1. The van der Waals surface area contributed by atoms with Gasteiger partial charge in [-0.3, -0.25) is 4.90 Å². The average molecular weight is 284 g/mol. The minimum Gasteiger partial charge on any atom is -0.508 e. The number of hydrogen-bond acceptors (Lipinski definition) is 3. The van der Waals surface area contributed by atoms with Crippen molar-refractivity contribution in [1.29, 1.82) is 0 Å². The van der Waals surface area contributed by atoms with Gasteiger partial charge in [0.15, 0.2) is 0 Å². The van der Waals surface area contributed by atoms with Crippen molar-refractivity contribution in [2.45, 2.75) is 32.4 Å². The smallest absolute Gasteiger partial charge is 0.120 e. The zero-order valence-corrected chi connectivity index (χ0v) is 12.7. The first-order valence-electron chi connectivity index (χ1n) is 7.94. The van der Waals surface area contributed by atoms with Crippen molar-refractivity contribution in [2.75, 3.05) is 19.6 Å². The Labute approximate surface area is 126 Å². The van der Waals surface area contributed by atoms with Crippen molar-refractivity contribution in [3.05, 3.63) is 42.0 Å². The van der Waals surface area contributed by atoms with Crippen LogP contribution in [0.15, 0.2) is 36.4 Å². The van der Waals surface area contributed by atoms with Gasteiger partial charge in [-0.05, 0) is 42.8 Å². The topological polar surface area (TPSA) is 35.5 Å². The molecule has 0 saturated carbocycles. The molecule has 2 aromatic rings. The first-order valence-corrected chi connectivity index (χ1v) is 7.94. The van der Waals surface area contributed by atoms with Crippen molar-refractivity contribution < 1.29 is 5.11 Å². The van der Waals surface area contributed by atoms with Crippen LogP contribution < -0.4 is 5.32 Å². The predicted octanol–water partition coefficient (Wildman–Crippen LogP) is 3.12. The summed E-state index contributed by atoms with van der Waals surface area (Å²) in [7, 11) is 0. The molecule has 0 aromatic heterocycles. The van der Waals surface area contributed by atoms with Crippen LogP contribution in [0.3, 0.4) is 0 Å². The molecule has 1 fully saturated rings. The first kappa shape index (κ1) is 14.4. The second kappa shape index (κ2) is 6.46. The normalized spacial score (nSPS) is 18.7. The molecule has 1 unspecified atom stereocenters. The van der Waals surface area contributed by atoms with E-state index < -0.39 is 0 Å². The summed E-state index contributed by atoms with van der Waals surface area (Å²) in [5, 5.41) is 16.1. The third kappa shape index (κ3) is 3.04. The van der Waals surface area contributed by atoms with Gasteiger partial charge in [0.25, 0.3) is 0 Å². The maximum absolute atomic E-state index is 10.3. The summed E-state index contributed by atoms with van der Waals surface area (Å²) in [5.41, 5.74) is 1.06. The van der Waals surface area contributed by atoms with Crippen LogP contribution in [-0.2, 0) is 6.54 Å². The number of rotatable bonds is 5. The fraction of sp³-hybridized carbons (Fsp3) is 0.444. The lowest BCUT2D eigenvalue weighted by molar-refractivity contribution is 0.198. The van der Waals surface area contributed by atoms with Gasteiger partial charge in [-0.1, -0.05) is 37.3 Å². The molecule has 1 aliphatic rings. The fourth-order valence-electron chi connectivity index (χ4n) is 3.32. The summed E-state index contributed by atoms with van der Waals surface area (Å²) in [6.45, 7) is 6.29. The first-order chi connectivity index (χ1) is 10.3. The number of fused-ring (bicyclic) bond motifs is 1. The highest BCUT2D eigenvalue weighted by molar-refractivity contribution is 5.87. The predicted molar refractivity (Wildman–Crippen MR) is 87.6 cm³/mol. The Balaban J connectivity index is 1.93. The van der Waals surface area contributed by atoms with Crippen molar-refractivity contribution in [3.63, 3.8) is 0 Å². The number of hydrogen-bond donors (Lipinski definition) is 2. The lowest BCUT2D eigenvalue weighted by Gasteiger charge is -2.28. The van der Waals surface area contributed by atoms with E-state index in [4.69, 9.17) is 0 Å². The molecular weight excluding hydrogens is 260 g/mol. The maximum Gasteiger partial charge on any atom is 0.120 e. The van der Waals surface area contributed by atoms with Crippen LogP contribution in [0.1, 0.15) is 25.3 Å². The molecule has 21 heavy (non-hydrogen) atoms. The van der Waals surface area contributed by atoms with Gasteiger partial charge in [-0.2, -0.15) is 0 Å². The van der Waals surface area contributed by atoms with E-state index in [-0.39, 0.29) is 0 Å². The van der Waals surface area contributed by atoms with Gasteiger partial charge in [0.2, 0.25) is 0 Å². The fourth-order valence-corrected chi connectivity index (χ4v) is 3.32. The van der Waals surface area contributed by atoms with Crippen molar-refractivity contribution in [3.8, 4) is 5.75 Å². The van der Waals surface area contributed by atoms with Crippen molar-refractivity contribution in [2.24, 2.45) is 0 Å². The Hall–Kier alpha value is -1.58. The van der Waals surface area contributed by atoms with Crippen LogP contribution in [0.5, 0.6) is 5.75 Å². The van der Waals surface area contributed by atoms with Gasteiger partial charge in [-0.15, -0.1) is 0 Å². The van der Waals surface area contributed by atoms with E-state index >= 15 is 0 Å². The van der Waals surface area contributed by atoms with Crippen LogP contribution >= 0.6 is 0 Å². The van der Waals surface area contributed by atoms with Crippen molar-refractivity contribution in [1.82, 2.24) is 10.2 Å². The number of nitrogens with zero attached hydrogens (tertiary/aromatic N) is 1. The second-order valence-corrected chi connectivity index (χ2v) is 5.90. The van der Waals surface area contributed by atoms with E-state index in [1.807, 2.05) is 24.3 Å². The van der Waals surface area contributed by atoms with E-state index in [9.17, 15) is 5.11 Å². The quantitative estimate of drug-likeness (QED) is 0.885. The molecule has 0 spiro atoms. The molecule has 3 heteroatoms. The van der Waals surface area contributed by atoms with E-state index in [0.29, 0.717) is 11.8 Å². The van der Waals surface area contributed by atoms with Gasteiger partial charge >= 0.3 is 0 Å². The minimum absolute atomic E-state index is 0.417. The Bertz CT molecular complexity index is 605. The minimum atomic E-state index is 0.417. The summed E-state index contributed by atoms with van der Waals surface area (Å²) in [4.78, 5) is 2.52. The number of nitrogens with one attached hydrogen (secondary N) is 1. The SMILES string of the molecule is CCCN(Cc1c(O)ccc2ccccc12)C1CCNC1. The number of phenolic OH excluding ortho intramolecular Hbond substituents is 1. The lowest BCUT2D eigenvalue weighted by Crippen LogP contribution is -2.37. The summed E-state index contributed by atoms with van der Waals surface area (Å²) < 4.78 is 0. The summed E-state index contributed by atoms with van der Waals surface area (Å²) in [5.74, 6) is 0.417. The van der Waals surface area contributed by atoms with Crippen molar-refractivity contribution >= 4 is 10.8 Å². The van der Waals surface area contributed by atoms with Crippen LogP contribution in [0, 0.1) is 0 Å². The van der Waals surface area contributed by atoms with Gasteiger partial charge in [0.05, 0.1) is 0 Å². The third-order valence-corrected chi connectivity index (χ3v) is 4.44. The average Bonchev–Trinajstić information content (AvgIpc) is 3.03. The summed E-state index contributed by atoms with van der Waals surface area (Å²) in [6.07, 6.45) is 2.34. The molecule has 3 rings (SSSR count). The highest BCUT2D eigenvalue weighted by atomic mass is 16.3. The maximum atomic E-state index is 10.3. The van der Waals surface area contributed by atoms with Crippen LogP contribution in [0.4, 0.5) is 0 Å². The molecule has 1 aliphatic heterocycles. The number of benzene rings is 2. The summed E-state index contributed by atoms with van der Waals surface area (Å²) >= 11 is 0. The zero-order chi connectivity index (χ0) is 14.7. The number of aromatic hydroxyl groups is 1. The molecular formula is C18H24N2O. The Morgan fingerprint density at radius 1 is 1.24 bits per heavy atom. The van der Waals surface area contributed by atoms with Gasteiger partial charge in [-0.25, -0.2) is 0 Å². The molecule has 1 atom stereocenters. The van der Waals surface area contributed by atoms with E-state index in [1.54, 1.807) is 0 Å². The lowest BCUT2D eigenvalue weighted by atomic mass is 10.0. The molecule has 2 N–H and O–H groups in total. The Morgan fingerprint density at radius 2 is 2.10 bits per heavy atom. The van der Waals surface area contributed by atoms with Crippen LogP contribution in [0.25, 0.3) is 10.8 Å². The highest BCUT2D eigenvalue weighted by Crippen LogP contribution is 2.29. The highest BCUT2D eigenvalue weighted by Gasteiger charge is 2.23. The van der Waals surface area contributed by atoms with E-state index in [2.05, 4.69) is 29.3 Å². The molecule has 0 bridgehead atoms. The van der Waals surface area contributed by atoms with E-state index in [0.717, 1.165) is 38.2 Å². The van der Waals surface area contributed by atoms with Gasteiger partial charge in [0, 0.05) is 24.7 Å². The van der Waals surface area contributed by atoms with Crippen LogP contribution in [-0.4, -0.2) is 35.7 Å². The largest absolute Gasteiger partial charge is 0.508 e. The molecule has 2 aromatic carbocycles. The standard InChI is InChI=1S/C18H24N2O/c1-2-11-20(15-9-10-19-12-15)13-17-16-6-4-3-5-14(16)7-8-18(17)21/h3-8,15,19,21H,2,9-13H2,1H3. The Kier molecular flexibility index (Phi) is 4.42. The molecule has 1 saturated heterocycles. The molecule has 0 radical (unpaired) electrons. The summed E-state index contributed by atoms with van der Waals surface area (Å²) in [6, 6.07) is 12.7. The molecule has 0 amide bonds. The third-order valence-electron chi connectivity index (χ3n) is 4.44. The van der Waals surface area contributed by atoms with Crippen LogP contribution in [0.2, 0.25) is 0 Å².